The molecule has 1 N–H and O–H groups in total. The third kappa shape index (κ3) is 6.12. The molecule has 0 spiro atoms. The fourth-order valence-electron chi connectivity index (χ4n) is 1.84. The summed E-state index contributed by atoms with van der Waals surface area (Å²) in [5.41, 5.74) is -0.723. The SMILES string of the molecule is CCOC(=O)C(C)(C)Oc1ccc(N/C(=C/C(=O)OC)C(=O)OC)cc1. The first kappa shape index (κ1) is 21.0. The molecular formula is C18H23NO7. The molecule has 0 aliphatic rings. The van der Waals surface area contributed by atoms with E-state index in [0.717, 1.165) is 6.08 Å². The van der Waals surface area contributed by atoms with Gasteiger partial charge in [0, 0.05) is 5.69 Å². The molecular weight excluding hydrogens is 342 g/mol. The molecule has 1 aromatic carbocycles. The molecule has 0 amide bonds. The second-order valence-corrected chi connectivity index (χ2v) is 5.55. The zero-order chi connectivity index (χ0) is 19.7. The van der Waals surface area contributed by atoms with Gasteiger partial charge in [-0.25, -0.2) is 14.4 Å². The normalized spacial score (nSPS) is 11.3. The highest BCUT2D eigenvalue weighted by Crippen LogP contribution is 2.22. The van der Waals surface area contributed by atoms with E-state index >= 15 is 0 Å². The van der Waals surface area contributed by atoms with Gasteiger partial charge in [0.2, 0.25) is 0 Å². The second-order valence-electron chi connectivity index (χ2n) is 5.55. The van der Waals surface area contributed by atoms with Crippen LogP contribution in [0.15, 0.2) is 36.0 Å². The quantitative estimate of drug-likeness (QED) is 0.424. The number of carbonyl (C=O) groups is 3. The van der Waals surface area contributed by atoms with E-state index in [1.807, 2.05) is 0 Å². The summed E-state index contributed by atoms with van der Waals surface area (Å²) in [6, 6.07) is 6.45. The molecule has 26 heavy (non-hydrogen) atoms. The fourth-order valence-corrected chi connectivity index (χ4v) is 1.84. The average Bonchev–Trinajstić information content (AvgIpc) is 2.61. The van der Waals surface area contributed by atoms with E-state index in [4.69, 9.17) is 9.47 Å². The Labute approximate surface area is 152 Å². The van der Waals surface area contributed by atoms with Gasteiger partial charge in [-0.05, 0) is 45.0 Å². The zero-order valence-corrected chi connectivity index (χ0v) is 15.5. The van der Waals surface area contributed by atoms with Crippen LogP contribution in [0.25, 0.3) is 0 Å². The van der Waals surface area contributed by atoms with Crippen LogP contribution in [-0.2, 0) is 28.6 Å². The van der Waals surface area contributed by atoms with Crippen LogP contribution >= 0.6 is 0 Å². The number of anilines is 1. The van der Waals surface area contributed by atoms with Crippen molar-refractivity contribution in [1.29, 1.82) is 0 Å². The molecule has 0 saturated heterocycles. The highest BCUT2D eigenvalue weighted by atomic mass is 16.6. The van der Waals surface area contributed by atoms with Gasteiger partial charge in [0.05, 0.1) is 26.9 Å². The van der Waals surface area contributed by atoms with Crippen LogP contribution in [0.4, 0.5) is 5.69 Å². The molecule has 0 saturated carbocycles. The summed E-state index contributed by atoms with van der Waals surface area (Å²) >= 11 is 0. The molecule has 142 valence electrons. The molecule has 1 rings (SSSR count). The molecule has 8 heteroatoms. The first-order chi connectivity index (χ1) is 12.2. The Bertz CT molecular complexity index is 677. The molecule has 0 unspecified atom stereocenters. The topological polar surface area (TPSA) is 100 Å². The molecule has 0 aliphatic carbocycles. The Morgan fingerprint density at radius 3 is 2.19 bits per heavy atom. The number of ether oxygens (including phenoxy) is 4. The summed E-state index contributed by atoms with van der Waals surface area (Å²) in [6.45, 7) is 5.18. The third-order valence-electron chi connectivity index (χ3n) is 3.14. The molecule has 1 aromatic rings. The summed E-state index contributed by atoms with van der Waals surface area (Å²) in [6.07, 6.45) is 0.986. The summed E-state index contributed by atoms with van der Waals surface area (Å²) in [7, 11) is 2.40. The number of hydrogen-bond donors (Lipinski definition) is 1. The van der Waals surface area contributed by atoms with Gasteiger partial charge in [0.25, 0.3) is 0 Å². The van der Waals surface area contributed by atoms with Gasteiger partial charge in [0.1, 0.15) is 11.4 Å². The lowest BCUT2D eigenvalue weighted by atomic mass is 10.1. The van der Waals surface area contributed by atoms with Crippen LogP contribution in [0.5, 0.6) is 5.75 Å². The van der Waals surface area contributed by atoms with Gasteiger partial charge >= 0.3 is 17.9 Å². The van der Waals surface area contributed by atoms with Crippen LogP contribution in [0.3, 0.4) is 0 Å². The average molecular weight is 365 g/mol. The standard InChI is InChI=1S/C18H23NO7/c1-6-25-17(22)18(2,3)26-13-9-7-12(8-10-13)19-14(16(21)24-5)11-15(20)23-4/h7-11,19H,6H2,1-5H3/b14-11+. The Morgan fingerprint density at radius 2 is 1.69 bits per heavy atom. The van der Waals surface area contributed by atoms with Gasteiger partial charge in [-0.15, -0.1) is 0 Å². The highest BCUT2D eigenvalue weighted by molar-refractivity contribution is 5.98. The molecule has 0 radical (unpaired) electrons. The van der Waals surface area contributed by atoms with Crippen molar-refractivity contribution in [2.24, 2.45) is 0 Å². The van der Waals surface area contributed by atoms with Crippen LogP contribution in [0.1, 0.15) is 20.8 Å². The Kier molecular flexibility index (Phi) is 7.64. The Balaban J connectivity index is 2.89. The van der Waals surface area contributed by atoms with Gasteiger partial charge in [0.15, 0.2) is 5.60 Å². The van der Waals surface area contributed by atoms with Crippen LogP contribution in [-0.4, -0.2) is 44.3 Å². The van der Waals surface area contributed by atoms with E-state index in [9.17, 15) is 14.4 Å². The molecule has 0 aliphatic heterocycles. The number of rotatable bonds is 8. The third-order valence-corrected chi connectivity index (χ3v) is 3.14. The maximum atomic E-state index is 11.9. The zero-order valence-electron chi connectivity index (χ0n) is 15.5. The predicted octanol–water partition coefficient (Wildman–Crippen LogP) is 2.05. The number of nitrogens with one attached hydrogen (secondary N) is 1. The summed E-state index contributed by atoms with van der Waals surface area (Å²) in [5.74, 6) is -1.46. The summed E-state index contributed by atoms with van der Waals surface area (Å²) in [5, 5.41) is 2.77. The van der Waals surface area contributed by atoms with Crippen LogP contribution in [0.2, 0.25) is 0 Å². The largest absolute Gasteiger partial charge is 0.476 e. The lowest BCUT2D eigenvalue weighted by molar-refractivity contribution is -0.158. The predicted molar refractivity (Wildman–Crippen MR) is 93.5 cm³/mol. The van der Waals surface area contributed by atoms with Gasteiger partial charge in [-0.1, -0.05) is 0 Å². The van der Waals surface area contributed by atoms with E-state index in [0.29, 0.717) is 11.4 Å². The van der Waals surface area contributed by atoms with Crippen molar-refractivity contribution in [3.8, 4) is 5.75 Å². The molecule has 0 atom stereocenters. The summed E-state index contributed by atoms with van der Waals surface area (Å²) in [4.78, 5) is 34.9. The maximum absolute atomic E-state index is 11.9. The van der Waals surface area contributed by atoms with E-state index in [1.54, 1.807) is 45.0 Å². The van der Waals surface area contributed by atoms with Crippen molar-refractivity contribution in [3.05, 3.63) is 36.0 Å². The first-order valence-corrected chi connectivity index (χ1v) is 7.84. The highest BCUT2D eigenvalue weighted by Gasteiger charge is 2.31. The minimum absolute atomic E-state index is 0.0835. The van der Waals surface area contributed by atoms with Crippen molar-refractivity contribution in [3.63, 3.8) is 0 Å². The van der Waals surface area contributed by atoms with E-state index in [2.05, 4.69) is 14.8 Å². The van der Waals surface area contributed by atoms with E-state index < -0.39 is 23.5 Å². The van der Waals surface area contributed by atoms with Crippen molar-refractivity contribution >= 4 is 23.6 Å². The number of methoxy groups -OCH3 is 2. The maximum Gasteiger partial charge on any atom is 0.354 e. The lowest BCUT2D eigenvalue weighted by Gasteiger charge is -2.24. The minimum atomic E-state index is -1.15. The van der Waals surface area contributed by atoms with Crippen LogP contribution < -0.4 is 10.1 Å². The van der Waals surface area contributed by atoms with Gasteiger partial charge in [-0.3, -0.25) is 0 Å². The second kappa shape index (κ2) is 9.45. The van der Waals surface area contributed by atoms with E-state index in [1.165, 1.54) is 14.2 Å². The van der Waals surface area contributed by atoms with Crippen molar-refractivity contribution in [2.75, 3.05) is 26.1 Å². The van der Waals surface area contributed by atoms with Crippen LogP contribution in [0, 0.1) is 0 Å². The monoisotopic (exact) mass is 365 g/mol. The fraction of sp³-hybridized carbons (Fsp3) is 0.389. The molecule has 0 bridgehead atoms. The van der Waals surface area contributed by atoms with Crippen molar-refractivity contribution in [1.82, 2.24) is 0 Å². The van der Waals surface area contributed by atoms with Gasteiger partial charge < -0.3 is 24.3 Å². The number of benzene rings is 1. The molecule has 0 aromatic heterocycles. The Hall–Kier alpha value is -3.03. The van der Waals surface area contributed by atoms with E-state index in [-0.39, 0.29) is 12.3 Å². The smallest absolute Gasteiger partial charge is 0.354 e. The minimum Gasteiger partial charge on any atom is -0.476 e. The number of carbonyl (C=O) groups excluding carboxylic acids is 3. The molecule has 8 nitrogen and oxygen atoms in total. The number of esters is 3. The van der Waals surface area contributed by atoms with Gasteiger partial charge in [-0.2, -0.15) is 0 Å². The van der Waals surface area contributed by atoms with Crippen molar-refractivity contribution in [2.45, 2.75) is 26.4 Å². The lowest BCUT2D eigenvalue weighted by Crippen LogP contribution is -2.39. The Morgan fingerprint density at radius 1 is 1.08 bits per heavy atom. The number of hydrogen-bond acceptors (Lipinski definition) is 8. The first-order valence-electron chi connectivity index (χ1n) is 7.84. The van der Waals surface area contributed by atoms with Crippen molar-refractivity contribution < 1.29 is 33.3 Å². The molecule has 0 fully saturated rings. The summed E-state index contributed by atoms with van der Waals surface area (Å²) < 4.78 is 19.7. The molecule has 0 heterocycles.